The quantitative estimate of drug-likeness (QED) is 0.260. The number of fused-ring (bicyclic) bond motifs is 1. The molecule has 2 N–H and O–H groups in total. The van der Waals surface area contributed by atoms with Crippen LogP contribution < -0.4 is 16.4 Å². The van der Waals surface area contributed by atoms with Crippen molar-refractivity contribution in [3.8, 4) is 16.9 Å². The Morgan fingerprint density at radius 3 is 2.44 bits per heavy atom. The maximum absolute atomic E-state index is 13.7. The molecule has 2 aliphatic rings. The van der Waals surface area contributed by atoms with Crippen LogP contribution >= 0.6 is 0 Å². The highest BCUT2D eigenvalue weighted by molar-refractivity contribution is 5.82. The lowest BCUT2D eigenvalue weighted by molar-refractivity contribution is -0.0712. The average Bonchev–Trinajstić information content (AvgIpc) is 3.06. The number of aromatic nitrogens is 5. The summed E-state index contributed by atoms with van der Waals surface area (Å²) in [6, 6.07) is 17.4. The van der Waals surface area contributed by atoms with Crippen molar-refractivity contribution in [1.29, 1.82) is 0 Å². The van der Waals surface area contributed by atoms with Gasteiger partial charge in [-0.3, -0.25) is 14.5 Å². The fourth-order valence-electron chi connectivity index (χ4n) is 6.69. The van der Waals surface area contributed by atoms with E-state index >= 15 is 0 Å². The Hall–Kier alpha value is -4.71. The van der Waals surface area contributed by atoms with Crippen molar-refractivity contribution in [3.05, 3.63) is 104 Å². The molecular weight excluding hydrogens is 606 g/mol. The van der Waals surface area contributed by atoms with Crippen LogP contribution in [0.2, 0.25) is 0 Å². The van der Waals surface area contributed by atoms with Crippen molar-refractivity contribution in [2.24, 2.45) is 7.05 Å². The van der Waals surface area contributed by atoms with E-state index in [0.29, 0.717) is 51.4 Å². The van der Waals surface area contributed by atoms with Gasteiger partial charge in [-0.1, -0.05) is 45.0 Å². The van der Waals surface area contributed by atoms with E-state index in [-0.39, 0.29) is 23.1 Å². The van der Waals surface area contributed by atoms with Crippen LogP contribution in [-0.2, 0) is 23.8 Å². The fraction of sp³-hybridized carbons (Fsp3) is 0.378. The van der Waals surface area contributed by atoms with Crippen LogP contribution in [0.1, 0.15) is 56.2 Å². The first-order chi connectivity index (χ1) is 23.1. The number of aliphatic hydroxyl groups excluding tert-OH is 1. The van der Waals surface area contributed by atoms with Crippen LogP contribution in [0.5, 0.6) is 0 Å². The summed E-state index contributed by atoms with van der Waals surface area (Å²) in [4.78, 5) is 34.0. The van der Waals surface area contributed by atoms with Crippen LogP contribution in [0, 0.1) is 0 Å². The monoisotopic (exact) mass is 647 g/mol. The van der Waals surface area contributed by atoms with E-state index in [9.17, 15) is 14.7 Å². The SMILES string of the molecule is Cn1nc(-c2cccc(-n3ncc4cc(C(C)(C)C)ccc4c3=O)c2CO)cc(Nc2ccc(C3CCN(C4COC4)CC3)cn2)c1=O. The maximum Gasteiger partial charge on any atom is 0.290 e. The number of hydrogen-bond acceptors (Lipinski definition) is 9. The Bertz CT molecular complexity index is 2090. The molecule has 7 rings (SSSR count). The Morgan fingerprint density at radius 2 is 1.77 bits per heavy atom. The second-order valence-electron chi connectivity index (χ2n) is 13.9. The number of rotatable bonds is 7. The van der Waals surface area contributed by atoms with E-state index in [0.717, 1.165) is 50.1 Å². The maximum atomic E-state index is 13.7. The molecule has 11 heteroatoms. The number of pyridine rings is 1. The predicted octanol–water partition coefficient (Wildman–Crippen LogP) is 4.65. The summed E-state index contributed by atoms with van der Waals surface area (Å²) >= 11 is 0. The summed E-state index contributed by atoms with van der Waals surface area (Å²) in [5.41, 5.74) is 3.87. The molecular formula is C37H41N7O4. The minimum absolute atomic E-state index is 0.0688. The summed E-state index contributed by atoms with van der Waals surface area (Å²) in [5.74, 6) is 1.01. The van der Waals surface area contributed by atoms with Gasteiger partial charge in [0, 0.05) is 29.8 Å². The van der Waals surface area contributed by atoms with Gasteiger partial charge in [-0.05, 0) is 78.7 Å². The minimum Gasteiger partial charge on any atom is -0.392 e. The zero-order valence-corrected chi connectivity index (χ0v) is 27.8. The topological polar surface area (TPSA) is 127 Å². The van der Waals surface area contributed by atoms with Crippen LogP contribution in [-0.4, -0.2) is 66.9 Å². The van der Waals surface area contributed by atoms with Crippen molar-refractivity contribution in [3.63, 3.8) is 0 Å². The first-order valence-corrected chi connectivity index (χ1v) is 16.5. The van der Waals surface area contributed by atoms with Crippen molar-refractivity contribution in [1.82, 2.24) is 29.4 Å². The molecule has 0 spiro atoms. The molecule has 3 aromatic heterocycles. The lowest BCUT2D eigenvalue weighted by Gasteiger charge is -2.41. The highest BCUT2D eigenvalue weighted by Gasteiger charge is 2.30. The van der Waals surface area contributed by atoms with Crippen molar-refractivity contribution >= 4 is 22.3 Å². The second-order valence-corrected chi connectivity index (χ2v) is 13.9. The molecule has 0 radical (unpaired) electrons. The van der Waals surface area contributed by atoms with Gasteiger partial charge in [-0.2, -0.15) is 14.9 Å². The van der Waals surface area contributed by atoms with Crippen molar-refractivity contribution < 1.29 is 9.84 Å². The van der Waals surface area contributed by atoms with Crippen LogP contribution in [0.15, 0.2) is 76.6 Å². The number of hydrogen-bond donors (Lipinski definition) is 2. The minimum atomic E-state index is -0.371. The molecule has 0 bridgehead atoms. The molecule has 11 nitrogen and oxygen atoms in total. The van der Waals surface area contributed by atoms with E-state index in [1.54, 1.807) is 31.4 Å². The molecule has 48 heavy (non-hydrogen) atoms. The van der Waals surface area contributed by atoms with E-state index in [1.165, 1.54) is 14.9 Å². The number of anilines is 2. The number of nitrogens with zero attached hydrogens (tertiary/aromatic N) is 6. The first kappa shape index (κ1) is 31.9. The molecule has 0 saturated carbocycles. The number of benzene rings is 2. The predicted molar refractivity (Wildman–Crippen MR) is 186 cm³/mol. The summed E-state index contributed by atoms with van der Waals surface area (Å²) in [6.45, 7) is 9.82. The number of aliphatic hydroxyl groups is 1. The lowest BCUT2D eigenvalue weighted by atomic mass is 9.86. The van der Waals surface area contributed by atoms with Gasteiger partial charge in [-0.25, -0.2) is 9.67 Å². The Labute approximate surface area is 278 Å². The van der Waals surface area contributed by atoms with Gasteiger partial charge in [0.05, 0.1) is 48.8 Å². The molecule has 0 atom stereocenters. The second kappa shape index (κ2) is 12.7. The molecule has 5 aromatic rings. The van der Waals surface area contributed by atoms with Gasteiger partial charge >= 0.3 is 0 Å². The Kier molecular flexibility index (Phi) is 8.44. The standard InChI is InChI=1S/C37H41N7O4/c1-37(2,3)26-9-10-28-25(16-26)19-39-44(35(28)46)33-7-5-6-29(30(33)20-45)31-17-32(36(47)42(4)41-31)40-34-11-8-24(18-38-34)23-12-14-43(15-13-23)27-21-48-22-27/h5-11,16-19,23,27,45H,12-15,20-22H2,1-4H3,(H,38,40). The largest absolute Gasteiger partial charge is 0.392 e. The highest BCUT2D eigenvalue weighted by Crippen LogP contribution is 2.32. The van der Waals surface area contributed by atoms with Gasteiger partial charge in [0.25, 0.3) is 11.1 Å². The number of aryl methyl sites for hydroxylation is 1. The zero-order chi connectivity index (χ0) is 33.6. The smallest absolute Gasteiger partial charge is 0.290 e. The average molecular weight is 648 g/mol. The normalized spacial score (nSPS) is 16.3. The van der Waals surface area contributed by atoms with Crippen LogP contribution in [0.4, 0.5) is 11.5 Å². The van der Waals surface area contributed by atoms with Crippen molar-refractivity contribution in [2.75, 3.05) is 31.6 Å². The molecule has 2 aromatic carbocycles. The van der Waals surface area contributed by atoms with E-state index < -0.39 is 0 Å². The zero-order valence-electron chi connectivity index (χ0n) is 27.8. The van der Waals surface area contributed by atoms with Gasteiger partial charge in [0.2, 0.25) is 0 Å². The highest BCUT2D eigenvalue weighted by atomic mass is 16.5. The Balaban J connectivity index is 1.16. The van der Waals surface area contributed by atoms with Gasteiger partial charge in [-0.15, -0.1) is 0 Å². The summed E-state index contributed by atoms with van der Waals surface area (Å²) < 4.78 is 7.93. The van der Waals surface area contributed by atoms with Crippen LogP contribution in [0.25, 0.3) is 27.7 Å². The number of piperidine rings is 1. The number of likely N-dealkylation sites (tertiary alicyclic amines) is 1. The molecule has 0 unspecified atom stereocenters. The van der Waals surface area contributed by atoms with Crippen molar-refractivity contribution in [2.45, 2.75) is 57.6 Å². The van der Waals surface area contributed by atoms with E-state index in [2.05, 4.69) is 52.2 Å². The van der Waals surface area contributed by atoms with Gasteiger partial charge in [0.15, 0.2) is 0 Å². The third-order valence-corrected chi connectivity index (χ3v) is 9.72. The third kappa shape index (κ3) is 6.05. The number of nitrogens with one attached hydrogen (secondary N) is 1. The molecule has 2 saturated heterocycles. The molecule has 2 fully saturated rings. The van der Waals surface area contributed by atoms with Crippen LogP contribution in [0.3, 0.4) is 0 Å². The molecule has 0 aliphatic carbocycles. The summed E-state index contributed by atoms with van der Waals surface area (Å²) in [6.07, 6.45) is 5.75. The Morgan fingerprint density at radius 1 is 0.979 bits per heavy atom. The van der Waals surface area contributed by atoms with E-state index in [4.69, 9.17) is 4.74 Å². The van der Waals surface area contributed by atoms with E-state index in [1.807, 2.05) is 36.5 Å². The third-order valence-electron chi connectivity index (χ3n) is 9.72. The number of ether oxygens (including phenoxy) is 1. The molecule has 5 heterocycles. The summed E-state index contributed by atoms with van der Waals surface area (Å²) in [7, 11) is 1.58. The lowest BCUT2D eigenvalue weighted by Crippen LogP contribution is -2.51. The molecule has 248 valence electrons. The first-order valence-electron chi connectivity index (χ1n) is 16.5. The van der Waals surface area contributed by atoms with Gasteiger partial charge in [0.1, 0.15) is 11.5 Å². The summed E-state index contributed by atoms with van der Waals surface area (Å²) in [5, 5.41) is 24.1. The fourth-order valence-corrected chi connectivity index (χ4v) is 6.69. The van der Waals surface area contributed by atoms with Gasteiger partial charge < -0.3 is 15.2 Å². The molecule has 0 amide bonds. The molecule has 2 aliphatic heterocycles.